The fourth-order valence-electron chi connectivity index (χ4n) is 2.97. The van der Waals surface area contributed by atoms with Crippen LogP contribution >= 0.6 is 0 Å². The summed E-state index contributed by atoms with van der Waals surface area (Å²) < 4.78 is 7.12. The number of methoxy groups -OCH3 is 1. The van der Waals surface area contributed by atoms with Gasteiger partial charge >= 0.3 is 0 Å². The number of benzene rings is 1. The molecule has 0 bridgehead atoms. The summed E-state index contributed by atoms with van der Waals surface area (Å²) in [6.07, 6.45) is 0.370. The van der Waals surface area contributed by atoms with Crippen molar-refractivity contribution in [3.05, 3.63) is 46.8 Å². The normalized spacial score (nSPS) is 13.8. The highest BCUT2D eigenvalue weighted by molar-refractivity contribution is 5.30. The fraction of sp³-hybridized carbons (Fsp3) is 0.500. The lowest BCUT2D eigenvalue weighted by Crippen LogP contribution is -2.27. The molecule has 1 aromatic carbocycles. The molecule has 5 nitrogen and oxygen atoms in total. The number of rotatable bonds is 7. The van der Waals surface area contributed by atoms with Crippen LogP contribution in [0.2, 0.25) is 0 Å². The molecule has 23 heavy (non-hydrogen) atoms. The Morgan fingerprint density at radius 2 is 2.09 bits per heavy atom. The summed E-state index contributed by atoms with van der Waals surface area (Å²) in [5.41, 5.74) is 4.29. The van der Waals surface area contributed by atoms with Gasteiger partial charge in [0.15, 0.2) is 0 Å². The summed E-state index contributed by atoms with van der Waals surface area (Å²) in [7, 11) is 3.59. The predicted molar refractivity (Wildman–Crippen MR) is 91.7 cm³/mol. The van der Waals surface area contributed by atoms with E-state index in [1.165, 1.54) is 5.56 Å². The Hall–Kier alpha value is -1.85. The summed E-state index contributed by atoms with van der Waals surface area (Å²) in [5, 5.41) is 18.4. The van der Waals surface area contributed by atoms with Gasteiger partial charge in [0.2, 0.25) is 0 Å². The lowest BCUT2D eigenvalue weighted by molar-refractivity contribution is 0.169. The highest BCUT2D eigenvalue weighted by atomic mass is 16.5. The van der Waals surface area contributed by atoms with Crippen LogP contribution in [0.1, 0.15) is 48.0 Å². The smallest absolute Gasteiger partial charge is 0.119 e. The van der Waals surface area contributed by atoms with Gasteiger partial charge in [-0.2, -0.15) is 5.10 Å². The Balaban J connectivity index is 2.08. The molecular formula is C18H27N3O2. The van der Waals surface area contributed by atoms with Crippen molar-refractivity contribution in [2.45, 2.75) is 39.3 Å². The van der Waals surface area contributed by atoms with Gasteiger partial charge in [-0.05, 0) is 38.0 Å². The minimum atomic E-state index is -0.573. The van der Waals surface area contributed by atoms with Gasteiger partial charge in [0.05, 0.1) is 18.9 Å². The van der Waals surface area contributed by atoms with E-state index < -0.39 is 6.10 Å². The van der Waals surface area contributed by atoms with Crippen molar-refractivity contribution < 1.29 is 9.84 Å². The molecule has 2 atom stereocenters. The van der Waals surface area contributed by atoms with E-state index in [0.29, 0.717) is 6.54 Å². The summed E-state index contributed by atoms with van der Waals surface area (Å²) in [5.74, 6) is 0.757. The Bertz CT molecular complexity index is 652. The number of ether oxygens (including phenoxy) is 1. The third-order valence-corrected chi connectivity index (χ3v) is 4.36. The number of hydrogen-bond acceptors (Lipinski definition) is 4. The number of aliphatic hydroxyl groups is 1. The van der Waals surface area contributed by atoms with E-state index in [1.54, 1.807) is 7.11 Å². The van der Waals surface area contributed by atoms with Gasteiger partial charge in [-0.25, -0.2) is 0 Å². The third-order valence-electron chi connectivity index (χ3n) is 4.36. The second kappa shape index (κ2) is 7.62. The van der Waals surface area contributed by atoms with Crippen molar-refractivity contribution in [3.63, 3.8) is 0 Å². The molecule has 2 aromatic rings. The molecular weight excluding hydrogens is 290 g/mol. The molecule has 0 saturated carbocycles. The van der Waals surface area contributed by atoms with Crippen molar-refractivity contribution in [1.82, 2.24) is 15.1 Å². The second-order valence-corrected chi connectivity index (χ2v) is 5.87. The number of aryl methyl sites for hydroxylation is 2. The monoisotopic (exact) mass is 317 g/mol. The first-order valence-electron chi connectivity index (χ1n) is 8.03. The van der Waals surface area contributed by atoms with Gasteiger partial charge in [-0.3, -0.25) is 4.68 Å². The molecule has 0 spiro atoms. The van der Waals surface area contributed by atoms with Crippen LogP contribution in [-0.2, 0) is 7.05 Å². The first kappa shape index (κ1) is 17.5. The highest BCUT2D eigenvalue weighted by Crippen LogP contribution is 2.25. The first-order chi connectivity index (χ1) is 11.0. The molecule has 1 heterocycles. The molecule has 0 radical (unpaired) electrons. The number of aliphatic hydroxyl groups excluding tert-OH is 1. The van der Waals surface area contributed by atoms with Crippen LogP contribution in [0.4, 0.5) is 0 Å². The Morgan fingerprint density at radius 3 is 2.65 bits per heavy atom. The van der Waals surface area contributed by atoms with Crippen LogP contribution in [-0.4, -0.2) is 28.5 Å². The molecule has 0 saturated heterocycles. The third kappa shape index (κ3) is 3.92. The predicted octanol–water partition coefficient (Wildman–Crippen LogP) is 2.82. The number of nitrogens with one attached hydrogen (secondary N) is 1. The minimum absolute atomic E-state index is 0.184. The zero-order valence-corrected chi connectivity index (χ0v) is 14.6. The minimum Gasteiger partial charge on any atom is -0.497 e. The Morgan fingerprint density at radius 1 is 1.35 bits per heavy atom. The lowest BCUT2D eigenvalue weighted by Gasteiger charge is -2.21. The molecule has 0 amide bonds. The topological polar surface area (TPSA) is 59.3 Å². The van der Waals surface area contributed by atoms with Gasteiger partial charge in [-0.1, -0.05) is 19.1 Å². The summed E-state index contributed by atoms with van der Waals surface area (Å²) >= 11 is 0. The van der Waals surface area contributed by atoms with Crippen molar-refractivity contribution >= 4 is 0 Å². The molecule has 0 aliphatic carbocycles. The molecule has 2 N–H and O–H groups in total. The number of aromatic nitrogens is 2. The van der Waals surface area contributed by atoms with E-state index in [0.717, 1.165) is 29.1 Å². The van der Waals surface area contributed by atoms with Crippen LogP contribution in [0.15, 0.2) is 24.3 Å². The van der Waals surface area contributed by atoms with E-state index in [9.17, 15) is 5.11 Å². The summed E-state index contributed by atoms with van der Waals surface area (Å²) in [6.45, 7) is 6.74. The van der Waals surface area contributed by atoms with E-state index >= 15 is 0 Å². The molecule has 2 rings (SSSR count). The van der Waals surface area contributed by atoms with Gasteiger partial charge in [0.25, 0.3) is 0 Å². The quantitative estimate of drug-likeness (QED) is 0.824. The summed E-state index contributed by atoms with van der Waals surface area (Å²) in [6, 6.07) is 7.74. The van der Waals surface area contributed by atoms with Gasteiger partial charge in [-0.15, -0.1) is 0 Å². The SMILES string of the molecule is CCC(NCC(O)c1cccc(OC)c1)c1c(C)nn(C)c1C. The van der Waals surface area contributed by atoms with Crippen molar-refractivity contribution in [1.29, 1.82) is 0 Å². The van der Waals surface area contributed by atoms with E-state index in [4.69, 9.17) is 4.74 Å². The van der Waals surface area contributed by atoms with Crippen LogP contribution in [0, 0.1) is 13.8 Å². The molecule has 0 aliphatic heterocycles. The average molecular weight is 317 g/mol. The van der Waals surface area contributed by atoms with E-state index in [1.807, 2.05) is 42.9 Å². The van der Waals surface area contributed by atoms with Crippen LogP contribution in [0.3, 0.4) is 0 Å². The van der Waals surface area contributed by atoms with Gasteiger partial charge in [0.1, 0.15) is 5.75 Å². The average Bonchev–Trinajstić information content (AvgIpc) is 2.81. The van der Waals surface area contributed by atoms with Crippen LogP contribution in [0.25, 0.3) is 0 Å². The Kier molecular flexibility index (Phi) is 5.80. The standard InChI is InChI=1S/C18H27N3O2/c1-6-16(18-12(2)20-21(4)13(18)3)19-11-17(22)14-8-7-9-15(10-14)23-5/h7-10,16-17,19,22H,6,11H2,1-5H3. The summed E-state index contributed by atoms with van der Waals surface area (Å²) in [4.78, 5) is 0. The molecule has 0 fully saturated rings. The molecule has 5 heteroatoms. The maximum Gasteiger partial charge on any atom is 0.119 e. The zero-order chi connectivity index (χ0) is 17.0. The molecule has 0 aliphatic rings. The maximum atomic E-state index is 10.4. The van der Waals surface area contributed by atoms with E-state index in [2.05, 4.69) is 24.3 Å². The van der Waals surface area contributed by atoms with E-state index in [-0.39, 0.29) is 6.04 Å². The van der Waals surface area contributed by atoms with Crippen molar-refractivity contribution in [3.8, 4) is 5.75 Å². The molecule has 126 valence electrons. The van der Waals surface area contributed by atoms with Crippen LogP contribution in [0.5, 0.6) is 5.75 Å². The van der Waals surface area contributed by atoms with Crippen molar-refractivity contribution in [2.75, 3.05) is 13.7 Å². The molecule has 1 aromatic heterocycles. The number of nitrogens with zero attached hydrogens (tertiary/aromatic N) is 2. The highest BCUT2D eigenvalue weighted by Gasteiger charge is 2.19. The Labute approximate surface area is 138 Å². The molecule has 2 unspecified atom stereocenters. The van der Waals surface area contributed by atoms with Gasteiger partial charge in [0, 0.05) is 30.9 Å². The largest absolute Gasteiger partial charge is 0.497 e. The second-order valence-electron chi connectivity index (χ2n) is 5.87. The lowest BCUT2D eigenvalue weighted by atomic mass is 10.0. The first-order valence-corrected chi connectivity index (χ1v) is 8.03. The van der Waals surface area contributed by atoms with Crippen molar-refractivity contribution in [2.24, 2.45) is 7.05 Å². The zero-order valence-electron chi connectivity index (χ0n) is 14.6. The number of hydrogen-bond donors (Lipinski definition) is 2. The fourth-order valence-corrected chi connectivity index (χ4v) is 2.97. The van der Waals surface area contributed by atoms with Gasteiger partial charge < -0.3 is 15.2 Å². The van der Waals surface area contributed by atoms with Crippen LogP contribution < -0.4 is 10.1 Å². The maximum absolute atomic E-state index is 10.4.